The van der Waals surface area contributed by atoms with Crippen LogP contribution in [0.3, 0.4) is 0 Å². The number of imidazole rings is 2. The molecule has 1 N–H and O–H groups in total. The van der Waals surface area contributed by atoms with Crippen molar-refractivity contribution >= 4 is 0 Å². The first kappa shape index (κ1) is 14.8. The summed E-state index contributed by atoms with van der Waals surface area (Å²) in [6.07, 6.45) is 7.31. The monoisotopic (exact) mass is 302 g/mol. The van der Waals surface area contributed by atoms with E-state index in [1.807, 2.05) is 78.9 Å². The molecule has 4 rings (SSSR count). The van der Waals surface area contributed by atoms with E-state index in [4.69, 9.17) is 0 Å². The topological polar surface area (TPSA) is 46.5 Å². The maximum Gasteiger partial charge on any atom is 0.0951 e. The molecule has 2 heterocycles. The molecule has 4 heteroatoms. The summed E-state index contributed by atoms with van der Waals surface area (Å²) < 4.78 is 1.95. The van der Waals surface area contributed by atoms with Crippen LogP contribution < -0.4 is 0 Å². The Bertz CT molecular complexity index is 818. The molecule has 0 spiro atoms. The van der Waals surface area contributed by atoms with E-state index >= 15 is 0 Å². The fourth-order valence-corrected chi connectivity index (χ4v) is 2.20. The highest BCUT2D eigenvalue weighted by Crippen LogP contribution is 2.15. The highest BCUT2D eigenvalue weighted by atomic mass is 15.0. The van der Waals surface area contributed by atoms with Crippen LogP contribution in [0.4, 0.5) is 0 Å². The fraction of sp³-hybridized carbons (Fsp3) is 0.0526. The van der Waals surface area contributed by atoms with Crippen LogP contribution in [-0.2, 0) is 7.05 Å². The molecule has 0 aliphatic carbocycles. The van der Waals surface area contributed by atoms with Crippen LogP contribution >= 0.6 is 0 Å². The van der Waals surface area contributed by atoms with Gasteiger partial charge in [-0.3, -0.25) is 0 Å². The van der Waals surface area contributed by atoms with Gasteiger partial charge in [0.25, 0.3) is 0 Å². The smallest absolute Gasteiger partial charge is 0.0951 e. The Hall–Kier alpha value is -3.14. The van der Waals surface area contributed by atoms with E-state index in [0.717, 1.165) is 17.0 Å². The first-order chi connectivity index (χ1) is 11.3. The Labute approximate surface area is 135 Å². The molecule has 0 atom stereocenters. The number of nitrogens with one attached hydrogen (secondary N) is 1. The van der Waals surface area contributed by atoms with E-state index in [-0.39, 0.29) is 0 Å². The summed E-state index contributed by atoms with van der Waals surface area (Å²) in [7, 11) is 1.97. The second kappa shape index (κ2) is 7.22. The maximum absolute atomic E-state index is 4.25. The summed E-state index contributed by atoms with van der Waals surface area (Å²) in [5, 5.41) is 0. The summed E-state index contributed by atoms with van der Waals surface area (Å²) >= 11 is 0. The van der Waals surface area contributed by atoms with Gasteiger partial charge in [-0.1, -0.05) is 60.7 Å². The molecule has 2 aromatic heterocycles. The predicted octanol–water partition coefficient (Wildman–Crippen LogP) is 4.16. The molecule has 0 unspecified atom stereocenters. The first-order valence-corrected chi connectivity index (χ1v) is 7.40. The van der Waals surface area contributed by atoms with E-state index in [9.17, 15) is 0 Å². The SMILES string of the molecule is Cn1cnc(-c2ccccc2)c1.c1ccc(-c2cnc[nH]2)cc1. The molecular formula is C19H18N4. The van der Waals surface area contributed by atoms with Crippen LogP contribution in [0.25, 0.3) is 22.5 Å². The number of benzene rings is 2. The minimum atomic E-state index is 1.03. The van der Waals surface area contributed by atoms with Gasteiger partial charge in [-0.15, -0.1) is 0 Å². The average molecular weight is 302 g/mol. The van der Waals surface area contributed by atoms with Gasteiger partial charge in [0.05, 0.1) is 30.2 Å². The van der Waals surface area contributed by atoms with Crippen molar-refractivity contribution in [2.45, 2.75) is 0 Å². The number of hydrogen-bond donors (Lipinski definition) is 1. The third-order valence-electron chi connectivity index (χ3n) is 3.36. The fourth-order valence-electron chi connectivity index (χ4n) is 2.20. The normalized spacial score (nSPS) is 9.96. The standard InChI is InChI=1S/C10H10N2.C9H8N2/c1-12-7-10(11-8-12)9-5-3-2-4-6-9;1-2-4-8(5-3-1)9-6-10-7-11-9/h2-8H,1H3;1-7H,(H,10,11). The van der Waals surface area contributed by atoms with Crippen molar-refractivity contribution < 1.29 is 0 Å². The number of nitrogens with zero attached hydrogens (tertiary/aromatic N) is 3. The third kappa shape index (κ3) is 3.95. The molecule has 0 saturated carbocycles. The Kier molecular flexibility index (Phi) is 4.64. The molecule has 4 nitrogen and oxygen atoms in total. The van der Waals surface area contributed by atoms with Gasteiger partial charge in [0.1, 0.15) is 0 Å². The number of H-pyrrole nitrogens is 1. The van der Waals surface area contributed by atoms with Gasteiger partial charge in [-0.05, 0) is 5.56 Å². The maximum atomic E-state index is 4.25. The van der Waals surface area contributed by atoms with Crippen molar-refractivity contribution in [3.05, 3.63) is 85.7 Å². The Morgan fingerprint density at radius 2 is 1.52 bits per heavy atom. The number of hydrogen-bond acceptors (Lipinski definition) is 2. The van der Waals surface area contributed by atoms with E-state index < -0.39 is 0 Å². The van der Waals surface area contributed by atoms with E-state index in [1.54, 1.807) is 6.33 Å². The van der Waals surface area contributed by atoms with Gasteiger partial charge >= 0.3 is 0 Å². The molecule has 23 heavy (non-hydrogen) atoms. The summed E-state index contributed by atoms with van der Waals surface area (Å²) in [6, 6.07) is 20.3. The van der Waals surface area contributed by atoms with Crippen molar-refractivity contribution in [3.63, 3.8) is 0 Å². The van der Waals surface area contributed by atoms with E-state index in [0.29, 0.717) is 0 Å². The number of rotatable bonds is 2. The highest BCUT2D eigenvalue weighted by molar-refractivity contribution is 5.58. The zero-order valence-electron chi connectivity index (χ0n) is 12.9. The van der Waals surface area contributed by atoms with Gasteiger partial charge < -0.3 is 9.55 Å². The summed E-state index contributed by atoms with van der Waals surface area (Å²) in [6.45, 7) is 0. The van der Waals surface area contributed by atoms with Gasteiger partial charge in [0, 0.05) is 18.8 Å². The molecule has 0 radical (unpaired) electrons. The lowest BCUT2D eigenvalue weighted by Crippen LogP contribution is -1.78. The van der Waals surface area contributed by atoms with E-state index in [1.165, 1.54) is 5.56 Å². The number of aryl methyl sites for hydroxylation is 1. The lowest BCUT2D eigenvalue weighted by molar-refractivity contribution is 0.913. The lowest BCUT2D eigenvalue weighted by atomic mass is 10.2. The Morgan fingerprint density at radius 3 is 2.04 bits per heavy atom. The average Bonchev–Trinajstić information content (AvgIpc) is 3.29. The third-order valence-corrected chi connectivity index (χ3v) is 3.36. The minimum absolute atomic E-state index is 1.03. The van der Waals surface area contributed by atoms with Crippen molar-refractivity contribution in [2.75, 3.05) is 0 Å². The summed E-state index contributed by atoms with van der Waals surface area (Å²) in [4.78, 5) is 11.2. The van der Waals surface area contributed by atoms with Gasteiger partial charge in [0.2, 0.25) is 0 Å². The zero-order chi connectivity index (χ0) is 15.9. The van der Waals surface area contributed by atoms with Crippen molar-refractivity contribution in [1.29, 1.82) is 0 Å². The second-order valence-corrected chi connectivity index (χ2v) is 5.12. The van der Waals surface area contributed by atoms with Crippen molar-refractivity contribution in [2.24, 2.45) is 7.05 Å². The van der Waals surface area contributed by atoms with Crippen LogP contribution in [-0.4, -0.2) is 19.5 Å². The zero-order valence-corrected chi connectivity index (χ0v) is 12.9. The molecule has 4 aromatic rings. The molecule has 2 aromatic carbocycles. The van der Waals surface area contributed by atoms with Gasteiger partial charge in [-0.2, -0.15) is 0 Å². The van der Waals surface area contributed by atoms with Crippen LogP contribution in [0.15, 0.2) is 85.7 Å². The quantitative estimate of drug-likeness (QED) is 0.604. The van der Waals surface area contributed by atoms with Gasteiger partial charge in [0.15, 0.2) is 0 Å². The molecule has 0 aliphatic rings. The Morgan fingerprint density at radius 1 is 0.870 bits per heavy atom. The van der Waals surface area contributed by atoms with Crippen molar-refractivity contribution in [1.82, 2.24) is 19.5 Å². The largest absolute Gasteiger partial charge is 0.345 e. The number of aromatic nitrogens is 4. The van der Waals surface area contributed by atoms with Crippen LogP contribution in [0.2, 0.25) is 0 Å². The summed E-state index contributed by atoms with van der Waals surface area (Å²) in [5.74, 6) is 0. The van der Waals surface area contributed by atoms with E-state index in [2.05, 4.69) is 27.1 Å². The number of aromatic amines is 1. The lowest BCUT2D eigenvalue weighted by Gasteiger charge is -1.93. The molecule has 0 aliphatic heterocycles. The minimum Gasteiger partial charge on any atom is -0.345 e. The first-order valence-electron chi connectivity index (χ1n) is 7.40. The van der Waals surface area contributed by atoms with Crippen LogP contribution in [0.5, 0.6) is 0 Å². The molecule has 0 fully saturated rings. The molecule has 0 bridgehead atoms. The van der Waals surface area contributed by atoms with Crippen molar-refractivity contribution in [3.8, 4) is 22.5 Å². The van der Waals surface area contributed by atoms with Crippen LogP contribution in [0, 0.1) is 0 Å². The summed E-state index contributed by atoms with van der Waals surface area (Å²) in [5.41, 5.74) is 4.42. The van der Waals surface area contributed by atoms with Gasteiger partial charge in [-0.25, -0.2) is 9.97 Å². The van der Waals surface area contributed by atoms with Crippen LogP contribution in [0.1, 0.15) is 0 Å². The molecule has 0 amide bonds. The molecule has 114 valence electrons. The molecule has 0 saturated heterocycles. The predicted molar refractivity (Wildman–Crippen MR) is 92.7 cm³/mol. The highest BCUT2D eigenvalue weighted by Gasteiger charge is 1.97. The Balaban J connectivity index is 0.000000136. The molecular weight excluding hydrogens is 284 g/mol. The second-order valence-electron chi connectivity index (χ2n) is 5.12.